The molecule has 1 heterocycles. The fourth-order valence-corrected chi connectivity index (χ4v) is 3.57. The van der Waals surface area contributed by atoms with Crippen LogP contribution in [0, 0.1) is 5.92 Å². The highest BCUT2D eigenvalue weighted by Crippen LogP contribution is 2.30. The number of quaternary nitrogens is 1. The van der Waals surface area contributed by atoms with Crippen LogP contribution in [0.25, 0.3) is 0 Å². The van der Waals surface area contributed by atoms with Gasteiger partial charge in [0.15, 0.2) is 5.11 Å². The molecule has 1 atom stereocenters. The van der Waals surface area contributed by atoms with Gasteiger partial charge in [-0.15, -0.1) is 0 Å². The number of rotatable bonds is 5. The van der Waals surface area contributed by atoms with E-state index in [1.54, 1.807) is 11.0 Å². The lowest BCUT2D eigenvalue weighted by atomic mass is 10.0. The number of nitrogens with one attached hydrogen (secondary N) is 2. The Hall–Kier alpha value is -1.34. The van der Waals surface area contributed by atoms with E-state index >= 15 is 0 Å². The molecule has 0 bridgehead atoms. The highest BCUT2D eigenvalue weighted by atomic mass is 32.1. The van der Waals surface area contributed by atoms with Gasteiger partial charge in [0.2, 0.25) is 0 Å². The molecular weight excluding hydrogens is 359 g/mol. The SMILES string of the molecule is CC(C)CC[NH+](C)C1CCN(C(=S)Nc2cccc(C(F)(F)F)c2)CC1. The molecule has 1 aliphatic rings. The largest absolute Gasteiger partial charge is 0.416 e. The Morgan fingerprint density at radius 2 is 1.96 bits per heavy atom. The fourth-order valence-electron chi connectivity index (χ4n) is 3.27. The highest BCUT2D eigenvalue weighted by Gasteiger charge is 2.31. The number of likely N-dealkylation sites (tertiary alicyclic amines) is 1. The zero-order chi connectivity index (χ0) is 19.3. The van der Waals surface area contributed by atoms with E-state index in [9.17, 15) is 13.2 Å². The monoisotopic (exact) mass is 388 g/mol. The Balaban J connectivity index is 1.85. The van der Waals surface area contributed by atoms with Crippen LogP contribution in [0.2, 0.25) is 0 Å². The second-order valence-corrected chi connectivity index (χ2v) is 7.94. The Kier molecular flexibility index (Phi) is 7.29. The van der Waals surface area contributed by atoms with Crippen molar-refractivity contribution in [2.24, 2.45) is 5.92 Å². The van der Waals surface area contributed by atoms with Crippen LogP contribution in [0.15, 0.2) is 24.3 Å². The van der Waals surface area contributed by atoms with Gasteiger partial charge in [-0.3, -0.25) is 0 Å². The summed E-state index contributed by atoms with van der Waals surface area (Å²) in [5, 5.41) is 3.46. The minimum Gasteiger partial charge on any atom is -0.349 e. The van der Waals surface area contributed by atoms with Gasteiger partial charge in [0.05, 0.1) is 25.2 Å². The van der Waals surface area contributed by atoms with Crippen molar-refractivity contribution in [3.63, 3.8) is 0 Å². The molecule has 7 heteroatoms. The minimum atomic E-state index is -4.35. The molecule has 26 heavy (non-hydrogen) atoms. The number of hydrogen-bond acceptors (Lipinski definition) is 1. The van der Waals surface area contributed by atoms with Crippen molar-refractivity contribution in [3.8, 4) is 0 Å². The molecule has 1 aromatic carbocycles. The van der Waals surface area contributed by atoms with Crippen molar-refractivity contribution in [2.45, 2.75) is 45.3 Å². The van der Waals surface area contributed by atoms with E-state index in [0.29, 0.717) is 22.8 Å². The van der Waals surface area contributed by atoms with E-state index in [0.717, 1.165) is 38.1 Å². The van der Waals surface area contributed by atoms with Crippen molar-refractivity contribution >= 4 is 23.0 Å². The Labute approximate surface area is 159 Å². The lowest BCUT2D eigenvalue weighted by Gasteiger charge is -2.36. The molecule has 0 aliphatic carbocycles. The first-order chi connectivity index (χ1) is 12.2. The Morgan fingerprint density at radius 3 is 2.54 bits per heavy atom. The topological polar surface area (TPSA) is 19.7 Å². The van der Waals surface area contributed by atoms with E-state index in [4.69, 9.17) is 12.2 Å². The summed E-state index contributed by atoms with van der Waals surface area (Å²) in [5.74, 6) is 0.717. The average molecular weight is 389 g/mol. The molecule has 1 fully saturated rings. The van der Waals surface area contributed by atoms with Crippen molar-refractivity contribution in [1.82, 2.24) is 4.90 Å². The fraction of sp³-hybridized carbons (Fsp3) is 0.632. The third-order valence-electron chi connectivity index (χ3n) is 5.04. The first kappa shape index (κ1) is 21.0. The Bertz CT molecular complexity index is 596. The van der Waals surface area contributed by atoms with Crippen LogP contribution in [-0.4, -0.2) is 42.7 Å². The molecule has 1 saturated heterocycles. The minimum absolute atomic E-state index is 0.381. The summed E-state index contributed by atoms with van der Waals surface area (Å²) in [5.41, 5.74) is -0.286. The maximum absolute atomic E-state index is 12.8. The first-order valence-corrected chi connectivity index (χ1v) is 9.63. The lowest BCUT2D eigenvalue weighted by molar-refractivity contribution is -0.907. The predicted octanol–water partition coefficient (Wildman–Crippen LogP) is 3.43. The van der Waals surface area contributed by atoms with Crippen molar-refractivity contribution in [3.05, 3.63) is 29.8 Å². The molecule has 1 aromatic rings. The molecule has 0 saturated carbocycles. The zero-order valence-corrected chi connectivity index (χ0v) is 16.5. The number of thiocarbonyl (C=S) groups is 1. The third-order valence-corrected chi connectivity index (χ3v) is 5.40. The third kappa shape index (κ3) is 6.13. The number of nitrogens with zero attached hydrogens (tertiary/aromatic N) is 1. The molecule has 146 valence electrons. The van der Waals surface area contributed by atoms with E-state index in [1.807, 2.05) is 0 Å². The van der Waals surface area contributed by atoms with Crippen LogP contribution in [0.1, 0.15) is 38.7 Å². The first-order valence-electron chi connectivity index (χ1n) is 9.22. The average Bonchev–Trinajstić information content (AvgIpc) is 2.59. The van der Waals surface area contributed by atoms with Crippen LogP contribution in [0.5, 0.6) is 0 Å². The van der Waals surface area contributed by atoms with Crippen molar-refractivity contribution < 1.29 is 18.1 Å². The van der Waals surface area contributed by atoms with Crippen LogP contribution in [-0.2, 0) is 6.18 Å². The van der Waals surface area contributed by atoms with Gasteiger partial charge in [0.25, 0.3) is 0 Å². The summed E-state index contributed by atoms with van der Waals surface area (Å²) in [4.78, 5) is 3.62. The second kappa shape index (κ2) is 9.04. The second-order valence-electron chi connectivity index (χ2n) is 7.55. The number of anilines is 1. The number of hydrogen-bond donors (Lipinski definition) is 2. The summed E-state index contributed by atoms with van der Waals surface area (Å²) in [6.45, 7) is 7.35. The van der Waals surface area contributed by atoms with Crippen LogP contribution >= 0.6 is 12.2 Å². The van der Waals surface area contributed by atoms with Gasteiger partial charge in [-0.1, -0.05) is 19.9 Å². The van der Waals surface area contributed by atoms with E-state index in [2.05, 4.69) is 31.1 Å². The van der Waals surface area contributed by atoms with Crippen molar-refractivity contribution in [1.29, 1.82) is 0 Å². The predicted molar refractivity (Wildman–Crippen MR) is 103 cm³/mol. The molecule has 2 N–H and O–H groups in total. The quantitative estimate of drug-likeness (QED) is 0.754. The molecule has 2 rings (SSSR count). The maximum Gasteiger partial charge on any atom is 0.416 e. The van der Waals surface area contributed by atoms with Gasteiger partial charge in [-0.05, 0) is 42.8 Å². The maximum atomic E-state index is 12.8. The smallest absolute Gasteiger partial charge is 0.349 e. The lowest BCUT2D eigenvalue weighted by Crippen LogP contribution is -3.13. The number of piperidine rings is 1. The molecule has 0 amide bonds. The normalized spacial score (nSPS) is 17.4. The molecule has 1 aliphatic heterocycles. The standard InChI is InChI=1S/C19H28F3N3S/c1-14(2)7-10-24(3)17-8-11-25(12-9-17)18(26)23-16-6-4-5-15(13-16)19(20,21)22/h4-6,13-14,17H,7-12H2,1-3H3,(H,23,26)/p+1. The van der Waals surface area contributed by atoms with Crippen LogP contribution in [0.4, 0.5) is 18.9 Å². The van der Waals surface area contributed by atoms with Gasteiger partial charge >= 0.3 is 6.18 Å². The summed E-state index contributed by atoms with van der Waals surface area (Å²) < 4.78 is 38.5. The zero-order valence-electron chi connectivity index (χ0n) is 15.7. The number of halogens is 3. The molecule has 0 aromatic heterocycles. The Morgan fingerprint density at radius 1 is 1.31 bits per heavy atom. The highest BCUT2D eigenvalue weighted by molar-refractivity contribution is 7.80. The van der Waals surface area contributed by atoms with Gasteiger partial charge in [-0.25, -0.2) is 0 Å². The van der Waals surface area contributed by atoms with Gasteiger partial charge in [0.1, 0.15) is 0 Å². The summed E-state index contributed by atoms with van der Waals surface area (Å²) in [6, 6.07) is 5.80. The molecule has 1 unspecified atom stereocenters. The van der Waals surface area contributed by atoms with E-state index < -0.39 is 11.7 Å². The van der Waals surface area contributed by atoms with Gasteiger partial charge < -0.3 is 15.1 Å². The summed E-state index contributed by atoms with van der Waals surface area (Å²) in [6.07, 6.45) is -1.02. The van der Waals surface area contributed by atoms with Crippen LogP contribution < -0.4 is 10.2 Å². The van der Waals surface area contributed by atoms with Crippen LogP contribution in [0.3, 0.4) is 0 Å². The molecule has 3 nitrogen and oxygen atoms in total. The van der Waals surface area contributed by atoms with E-state index in [1.165, 1.54) is 19.0 Å². The van der Waals surface area contributed by atoms with Gasteiger partial charge in [-0.2, -0.15) is 13.2 Å². The summed E-state index contributed by atoms with van der Waals surface area (Å²) in [7, 11) is 2.25. The number of alkyl halides is 3. The number of benzene rings is 1. The molecule has 0 spiro atoms. The van der Waals surface area contributed by atoms with Crippen molar-refractivity contribution in [2.75, 3.05) is 32.0 Å². The van der Waals surface area contributed by atoms with E-state index in [-0.39, 0.29) is 0 Å². The summed E-state index contributed by atoms with van der Waals surface area (Å²) >= 11 is 5.41. The van der Waals surface area contributed by atoms with Gasteiger partial charge in [0, 0.05) is 31.6 Å². The molecular formula is C19H29F3N3S+. The molecule has 0 radical (unpaired) electrons.